The molecule has 0 bridgehead atoms. The van der Waals surface area contributed by atoms with Gasteiger partial charge in [0.25, 0.3) is 0 Å². The van der Waals surface area contributed by atoms with Crippen molar-refractivity contribution in [1.29, 1.82) is 0 Å². The Morgan fingerprint density at radius 3 is 2.77 bits per heavy atom. The van der Waals surface area contributed by atoms with Crippen molar-refractivity contribution in [3.8, 4) is 11.6 Å². The minimum Gasteiger partial charge on any atom is -0.494 e. The smallest absolute Gasteiger partial charge is 0.348 e. The number of nitro groups is 1. The minimum atomic E-state index is -0.637. The topological polar surface area (TPSA) is 121 Å². The van der Waals surface area contributed by atoms with Gasteiger partial charge in [0.1, 0.15) is 23.4 Å². The SMILES string of the molecule is COc1cccc2c(C)cc(-n3nc(C)cc3Nc3ncnc(Cl)c3[N+](=O)[O-])nc12. The Balaban J connectivity index is 1.86. The second-order valence-electron chi connectivity index (χ2n) is 6.48. The molecule has 1 N–H and O–H groups in total. The Labute approximate surface area is 175 Å². The van der Waals surface area contributed by atoms with Crippen molar-refractivity contribution in [3.05, 3.63) is 63.2 Å². The summed E-state index contributed by atoms with van der Waals surface area (Å²) in [6.07, 6.45) is 1.15. The molecule has 0 aliphatic rings. The predicted octanol–water partition coefficient (Wildman–Crippen LogP) is 4.14. The lowest BCUT2D eigenvalue weighted by molar-refractivity contribution is -0.384. The van der Waals surface area contributed by atoms with Crippen LogP contribution in [0.15, 0.2) is 36.7 Å². The Bertz CT molecular complexity index is 1290. The highest BCUT2D eigenvalue weighted by Crippen LogP contribution is 2.32. The van der Waals surface area contributed by atoms with Gasteiger partial charge in [-0.2, -0.15) is 9.78 Å². The molecule has 4 aromatic rings. The monoisotopic (exact) mass is 425 g/mol. The number of benzene rings is 1. The highest BCUT2D eigenvalue weighted by molar-refractivity contribution is 6.31. The van der Waals surface area contributed by atoms with Gasteiger partial charge in [0, 0.05) is 11.5 Å². The average Bonchev–Trinajstić information content (AvgIpc) is 3.07. The zero-order valence-electron chi connectivity index (χ0n) is 16.3. The van der Waals surface area contributed by atoms with Gasteiger partial charge in [-0.15, -0.1) is 0 Å². The largest absolute Gasteiger partial charge is 0.494 e. The van der Waals surface area contributed by atoms with E-state index in [1.807, 2.05) is 31.2 Å². The Morgan fingerprint density at radius 2 is 2.03 bits per heavy atom. The quantitative estimate of drug-likeness (QED) is 0.287. The molecule has 0 aliphatic heterocycles. The van der Waals surface area contributed by atoms with Crippen molar-refractivity contribution in [2.45, 2.75) is 13.8 Å². The van der Waals surface area contributed by atoms with Gasteiger partial charge in [-0.05, 0) is 31.5 Å². The van der Waals surface area contributed by atoms with E-state index in [4.69, 9.17) is 21.3 Å². The number of fused-ring (bicyclic) bond motifs is 1. The molecular weight excluding hydrogens is 410 g/mol. The zero-order valence-corrected chi connectivity index (χ0v) is 17.0. The van der Waals surface area contributed by atoms with Crippen molar-refractivity contribution in [2.75, 3.05) is 12.4 Å². The van der Waals surface area contributed by atoms with E-state index in [9.17, 15) is 10.1 Å². The van der Waals surface area contributed by atoms with Crippen molar-refractivity contribution in [2.24, 2.45) is 0 Å². The predicted molar refractivity (Wildman–Crippen MR) is 112 cm³/mol. The number of nitrogens with zero attached hydrogens (tertiary/aromatic N) is 6. The number of aromatic nitrogens is 5. The van der Waals surface area contributed by atoms with Crippen molar-refractivity contribution >= 4 is 39.8 Å². The van der Waals surface area contributed by atoms with Crippen LogP contribution in [-0.2, 0) is 0 Å². The van der Waals surface area contributed by atoms with Gasteiger partial charge < -0.3 is 10.1 Å². The van der Waals surface area contributed by atoms with Crippen LogP contribution in [0.3, 0.4) is 0 Å². The molecule has 0 aliphatic carbocycles. The molecule has 0 saturated heterocycles. The van der Waals surface area contributed by atoms with Crippen LogP contribution in [0, 0.1) is 24.0 Å². The van der Waals surface area contributed by atoms with E-state index in [-0.39, 0.29) is 11.0 Å². The number of ether oxygens (including phenoxy) is 1. The maximum absolute atomic E-state index is 11.4. The Morgan fingerprint density at radius 1 is 1.23 bits per heavy atom. The lowest BCUT2D eigenvalue weighted by Crippen LogP contribution is -2.08. The second-order valence-corrected chi connectivity index (χ2v) is 6.84. The lowest BCUT2D eigenvalue weighted by Gasteiger charge is -2.12. The summed E-state index contributed by atoms with van der Waals surface area (Å²) in [7, 11) is 1.58. The molecule has 10 nitrogen and oxygen atoms in total. The van der Waals surface area contributed by atoms with Crippen LogP contribution >= 0.6 is 11.6 Å². The molecule has 30 heavy (non-hydrogen) atoms. The number of hydrogen-bond acceptors (Lipinski definition) is 8. The van der Waals surface area contributed by atoms with E-state index in [0.29, 0.717) is 28.6 Å². The van der Waals surface area contributed by atoms with Crippen LogP contribution in [0.25, 0.3) is 16.7 Å². The number of halogens is 1. The number of rotatable bonds is 5. The number of pyridine rings is 1. The fraction of sp³-hybridized carbons (Fsp3) is 0.158. The third kappa shape index (κ3) is 3.37. The van der Waals surface area contributed by atoms with Gasteiger partial charge in [0.05, 0.1) is 17.7 Å². The number of nitrogens with one attached hydrogen (secondary N) is 1. The van der Waals surface area contributed by atoms with Crippen LogP contribution in [0.2, 0.25) is 5.15 Å². The van der Waals surface area contributed by atoms with E-state index in [1.54, 1.807) is 24.8 Å². The van der Waals surface area contributed by atoms with Gasteiger partial charge in [-0.3, -0.25) is 10.1 Å². The van der Waals surface area contributed by atoms with Gasteiger partial charge in [0.15, 0.2) is 5.82 Å². The Kier molecular flexibility index (Phi) is 4.92. The van der Waals surface area contributed by atoms with Crippen LogP contribution in [0.5, 0.6) is 5.75 Å². The van der Waals surface area contributed by atoms with Crippen LogP contribution < -0.4 is 10.1 Å². The first-order valence-electron chi connectivity index (χ1n) is 8.82. The molecule has 0 radical (unpaired) electrons. The molecule has 0 saturated carbocycles. The summed E-state index contributed by atoms with van der Waals surface area (Å²) in [6.45, 7) is 3.77. The third-order valence-electron chi connectivity index (χ3n) is 4.47. The summed E-state index contributed by atoms with van der Waals surface area (Å²) in [5.41, 5.74) is 1.92. The van der Waals surface area contributed by atoms with Crippen molar-refractivity contribution in [3.63, 3.8) is 0 Å². The van der Waals surface area contributed by atoms with Crippen molar-refractivity contribution < 1.29 is 9.66 Å². The summed E-state index contributed by atoms with van der Waals surface area (Å²) in [4.78, 5) is 23.1. The maximum Gasteiger partial charge on any atom is 0.348 e. The first-order chi connectivity index (χ1) is 14.4. The maximum atomic E-state index is 11.4. The molecule has 0 spiro atoms. The summed E-state index contributed by atoms with van der Waals surface area (Å²) in [6, 6.07) is 9.30. The fourth-order valence-corrected chi connectivity index (χ4v) is 3.34. The zero-order chi connectivity index (χ0) is 21.4. The molecule has 152 valence electrons. The summed E-state index contributed by atoms with van der Waals surface area (Å²) in [5.74, 6) is 1.54. The number of para-hydroxylation sites is 1. The molecule has 1 aromatic carbocycles. The van der Waals surface area contributed by atoms with Crippen LogP contribution in [-0.4, -0.2) is 36.8 Å². The van der Waals surface area contributed by atoms with Crippen molar-refractivity contribution in [1.82, 2.24) is 24.7 Å². The van der Waals surface area contributed by atoms with E-state index < -0.39 is 10.6 Å². The molecule has 3 aromatic heterocycles. The molecule has 0 unspecified atom stereocenters. The second kappa shape index (κ2) is 7.56. The highest BCUT2D eigenvalue weighted by atomic mass is 35.5. The van der Waals surface area contributed by atoms with Gasteiger partial charge >= 0.3 is 5.69 Å². The van der Waals surface area contributed by atoms with E-state index >= 15 is 0 Å². The van der Waals surface area contributed by atoms with Gasteiger partial charge in [-0.1, -0.05) is 23.7 Å². The number of hydrogen-bond donors (Lipinski definition) is 1. The number of methoxy groups -OCH3 is 1. The first-order valence-corrected chi connectivity index (χ1v) is 9.20. The summed E-state index contributed by atoms with van der Waals surface area (Å²) >= 11 is 5.89. The molecule has 4 rings (SSSR count). The molecule has 11 heteroatoms. The molecular formula is C19H16ClN7O3. The van der Waals surface area contributed by atoms with Gasteiger partial charge in [-0.25, -0.2) is 15.0 Å². The summed E-state index contributed by atoms with van der Waals surface area (Å²) in [5, 5.41) is 19.5. The highest BCUT2D eigenvalue weighted by Gasteiger charge is 2.23. The first kappa shape index (κ1) is 19.5. The molecule has 3 heterocycles. The number of aryl methyl sites for hydroxylation is 2. The molecule has 0 fully saturated rings. The van der Waals surface area contributed by atoms with E-state index in [1.165, 1.54) is 0 Å². The average molecular weight is 426 g/mol. The molecule has 0 amide bonds. The third-order valence-corrected chi connectivity index (χ3v) is 4.75. The Hall–Kier alpha value is -3.79. The summed E-state index contributed by atoms with van der Waals surface area (Å²) < 4.78 is 6.99. The van der Waals surface area contributed by atoms with E-state index in [2.05, 4.69) is 20.4 Å². The fourth-order valence-electron chi connectivity index (χ4n) is 3.14. The molecule has 0 atom stereocenters. The normalized spacial score (nSPS) is 10.9. The standard InChI is InChI=1S/C19H16ClN7O3/c1-10-7-14(23-16-12(10)5-4-6-13(16)30-3)26-15(8-11(2)25-26)24-19-17(27(28)29)18(20)21-9-22-19/h4-9H,1-3H3,(H,21,22,24). The van der Waals surface area contributed by atoms with Crippen LogP contribution in [0.1, 0.15) is 11.3 Å². The van der Waals surface area contributed by atoms with Gasteiger partial charge in [0.2, 0.25) is 11.0 Å². The van der Waals surface area contributed by atoms with Crippen LogP contribution in [0.4, 0.5) is 17.3 Å². The lowest BCUT2D eigenvalue weighted by atomic mass is 10.1. The minimum absolute atomic E-state index is 0.0451. The van der Waals surface area contributed by atoms with E-state index in [0.717, 1.165) is 17.3 Å². The number of anilines is 2.